The third kappa shape index (κ3) is 2.40. The lowest BCUT2D eigenvalue weighted by molar-refractivity contribution is -0.171. The molecule has 4 bridgehead atoms. The molecule has 0 unspecified atom stereocenters. The quantitative estimate of drug-likeness (QED) is 0.528. The summed E-state index contributed by atoms with van der Waals surface area (Å²) < 4.78 is 0. The predicted molar refractivity (Wildman–Crippen MR) is 82.4 cm³/mol. The third-order valence-electron chi connectivity index (χ3n) is 5.70. The first kappa shape index (κ1) is 13.8. The van der Waals surface area contributed by atoms with E-state index in [1.165, 1.54) is 25.5 Å². The fourth-order valence-electron chi connectivity index (χ4n) is 5.15. The van der Waals surface area contributed by atoms with Crippen molar-refractivity contribution in [2.24, 2.45) is 28.3 Å². The molecule has 4 saturated carbocycles. The van der Waals surface area contributed by atoms with Crippen LogP contribution in [0.5, 0.6) is 5.75 Å². The molecule has 22 heavy (non-hydrogen) atoms. The Morgan fingerprint density at radius 2 is 1.64 bits per heavy atom. The van der Waals surface area contributed by atoms with Crippen molar-refractivity contribution in [1.82, 2.24) is 0 Å². The van der Waals surface area contributed by atoms with Crippen LogP contribution in [0.15, 0.2) is 29.4 Å². The minimum atomic E-state index is -0.263. The van der Waals surface area contributed by atoms with Crippen molar-refractivity contribution in [2.45, 2.75) is 38.5 Å². The summed E-state index contributed by atoms with van der Waals surface area (Å²) >= 11 is 0. The van der Waals surface area contributed by atoms with Gasteiger partial charge in [-0.25, -0.2) is 4.79 Å². The van der Waals surface area contributed by atoms with E-state index in [9.17, 15) is 9.90 Å². The van der Waals surface area contributed by atoms with Crippen LogP contribution in [0, 0.1) is 23.2 Å². The summed E-state index contributed by atoms with van der Waals surface area (Å²) in [5.41, 5.74) is 0.539. The maximum absolute atomic E-state index is 12.6. The zero-order chi connectivity index (χ0) is 15.2. The first-order valence-corrected chi connectivity index (χ1v) is 8.17. The number of rotatable bonds is 3. The van der Waals surface area contributed by atoms with Gasteiger partial charge in [-0.2, -0.15) is 0 Å². The van der Waals surface area contributed by atoms with Crippen molar-refractivity contribution in [3.8, 4) is 5.75 Å². The Balaban J connectivity index is 1.43. The highest BCUT2D eigenvalue weighted by Crippen LogP contribution is 2.60. The Morgan fingerprint density at radius 3 is 2.18 bits per heavy atom. The fraction of sp³-hybridized carbons (Fsp3) is 0.556. The van der Waals surface area contributed by atoms with Gasteiger partial charge < -0.3 is 9.94 Å². The number of aromatic hydroxyl groups is 1. The predicted octanol–water partition coefficient (Wildman–Crippen LogP) is 3.49. The van der Waals surface area contributed by atoms with Gasteiger partial charge in [-0.3, -0.25) is 0 Å². The Bertz CT molecular complexity index is 570. The van der Waals surface area contributed by atoms with Crippen LogP contribution in [0.4, 0.5) is 0 Å². The Labute approximate surface area is 130 Å². The molecule has 0 heterocycles. The number of phenolic OH excluding ortho intramolecular Hbond substituents is 1. The molecule has 5 rings (SSSR count). The zero-order valence-corrected chi connectivity index (χ0v) is 12.6. The standard InChI is InChI=1S/C18H21NO3/c20-16-3-1-12(2-4-16)11-19-22-17(21)18-8-13-5-14(9-18)7-15(6-13)10-18/h1-4,11,13-15,20H,5-10H2/b19-11+. The van der Waals surface area contributed by atoms with Crippen molar-refractivity contribution in [3.63, 3.8) is 0 Å². The summed E-state index contributed by atoms with van der Waals surface area (Å²) in [7, 11) is 0. The van der Waals surface area contributed by atoms with Crippen LogP contribution in [0.3, 0.4) is 0 Å². The molecule has 0 radical (unpaired) electrons. The second kappa shape index (κ2) is 5.11. The van der Waals surface area contributed by atoms with Crippen LogP contribution in [0.25, 0.3) is 0 Å². The molecular weight excluding hydrogens is 278 g/mol. The highest BCUT2D eigenvalue weighted by atomic mass is 16.7. The van der Waals surface area contributed by atoms with E-state index in [1.807, 2.05) is 0 Å². The van der Waals surface area contributed by atoms with Crippen LogP contribution in [0.2, 0.25) is 0 Å². The normalized spacial score (nSPS) is 35.9. The first-order chi connectivity index (χ1) is 10.6. The zero-order valence-electron chi connectivity index (χ0n) is 12.6. The lowest BCUT2D eigenvalue weighted by Crippen LogP contribution is -2.50. The average Bonchev–Trinajstić information content (AvgIpc) is 2.48. The Morgan fingerprint density at radius 1 is 1.09 bits per heavy atom. The molecule has 4 aliphatic rings. The van der Waals surface area contributed by atoms with E-state index in [1.54, 1.807) is 24.3 Å². The van der Waals surface area contributed by atoms with E-state index in [0.29, 0.717) is 0 Å². The van der Waals surface area contributed by atoms with Crippen LogP contribution in [-0.4, -0.2) is 17.3 Å². The third-order valence-corrected chi connectivity index (χ3v) is 5.70. The molecule has 1 aromatic rings. The molecule has 4 nitrogen and oxygen atoms in total. The average molecular weight is 299 g/mol. The SMILES string of the molecule is O=C(O/N=C/c1ccc(O)cc1)C12CC3CC(CC(C3)C1)C2. The fourth-order valence-corrected chi connectivity index (χ4v) is 5.15. The summed E-state index contributed by atoms with van der Waals surface area (Å²) in [5, 5.41) is 13.1. The number of carbonyl (C=O) groups excluding carboxylic acids is 1. The van der Waals surface area contributed by atoms with Gasteiger partial charge in [-0.05, 0) is 86.1 Å². The van der Waals surface area contributed by atoms with Gasteiger partial charge in [0.2, 0.25) is 0 Å². The van der Waals surface area contributed by atoms with E-state index in [4.69, 9.17) is 4.84 Å². The molecule has 0 aromatic heterocycles. The molecule has 4 fully saturated rings. The lowest BCUT2D eigenvalue weighted by Gasteiger charge is -2.54. The molecule has 0 amide bonds. The topological polar surface area (TPSA) is 58.9 Å². The van der Waals surface area contributed by atoms with Gasteiger partial charge in [0.1, 0.15) is 5.75 Å². The molecule has 0 saturated heterocycles. The highest BCUT2D eigenvalue weighted by Gasteiger charge is 2.55. The van der Waals surface area contributed by atoms with Gasteiger partial charge in [-0.15, -0.1) is 0 Å². The summed E-state index contributed by atoms with van der Waals surface area (Å²) in [6, 6.07) is 6.64. The summed E-state index contributed by atoms with van der Waals surface area (Å²) in [5.74, 6) is 2.24. The van der Waals surface area contributed by atoms with Gasteiger partial charge in [0, 0.05) is 0 Å². The largest absolute Gasteiger partial charge is 0.508 e. The van der Waals surface area contributed by atoms with Crippen LogP contribution in [0.1, 0.15) is 44.1 Å². The number of hydrogen-bond donors (Lipinski definition) is 1. The summed E-state index contributed by atoms with van der Waals surface area (Å²) in [6.07, 6.45) is 8.43. The molecule has 116 valence electrons. The highest BCUT2D eigenvalue weighted by molar-refractivity contribution is 5.81. The van der Waals surface area contributed by atoms with Crippen LogP contribution in [-0.2, 0) is 9.63 Å². The van der Waals surface area contributed by atoms with Gasteiger partial charge >= 0.3 is 5.97 Å². The molecule has 0 atom stereocenters. The van der Waals surface area contributed by atoms with E-state index in [-0.39, 0.29) is 17.1 Å². The monoisotopic (exact) mass is 299 g/mol. The van der Waals surface area contributed by atoms with Crippen molar-refractivity contribution in [2.75, 3.05) is 0 Å². The smallest absolute Gasteiger partial charge is 0.341 e. The van der Waals surface area contributed by atoms with E-state index in [2.05, 4.69) is 5.16 Å². The number of carbonyl (C=O) groups is 1. The van der Waals surface area contributed by atoms with Gasteiger partial charge in [0.25, 0.3) is 0 Å². The maximum atomic E-state index is 12.6. The first-order valence-electron chi connectivity index (χ1n) is 8.17. The Hall–Kier alpha value is -1.84. The maximum Gasteiger partial charge on any atom is 0.341 e. The van der Waals surface area contributed by atoms with Crippen LogP contribution < -0.4 is 0 Å². The van der Waals surface area contributed by atoms with E-state index in [0.717, 1.165) is 42.6 Å². The lowest BCUT2D eigenvalue weighted by atomic mass is 9.49. The van der Waals surface area contributed by atoms with Crippen molar-refractivity contribution < 1.29 is 14.7 Å². The molecule has 4 heteroatoms. The number of nitrogens with zero attached hydrogens (tertiary/aromatic N) is 1. The number of benzene rings is 1. The second-order valence-electron chi connectivity index (χ2n) is 7.40. The van der Waals surface area contributed by atoms with Crippen molar-refractivity contribution in [1.29, 1.82) is 0 Å². The molecule has 0 aliphatic heterocycles. The molecule has 1 N–H and O–H groups in total. The number of hydrogen-bond acceptors (Lipinski definition) is 4. The second-order valence-corrected chi connectivity index (χ2v) is 7.40. The van der Waals surface area contributed by atoms with Crippen molar-refractivity contribution in [3.05, 3.63) is 29.8 Å². The van der Waals surface area contributed by atoms with E-state index >= 15 is 0 Å². The minimum Gasteiger partial charge on any atom is -0.508 e. The van der Waals surface area contributed by atoms with Gasteiger partial charge in [0.05, 0.1) is 11.6 Å². The number of phenols is 1. The molecule has 0 spiro atoms. The van der Waals surface area contributed by atoms with Gasteiger partial charge in [0.15, 0.2) is 0 Å². The number of oxime groups is 1. The minimum absolute atomic E-state index is 0.137. The summed E-state index contributed by atoms with van der Waals surface area (Å²) in [6.45, 7) is 0. The van der Waals surface area contributed by atoms with Gasteiger partial charge in [-0.1, -0.05) is 5.16 Å². The van der Waals surface area contributed by atoms with E-state index < -0.39 is 0 Å². The summed E-state index contributed by atoms with van der Waals surface area (Å²) in [4.78, 5) is 17.8. The van der Waals surface area contributed by atoms with Crippen molar-refractivity contribution >= 4 is 12.2 Å². The molecule has 4 aliphatic carbocycles. The molecular formula is C18H21NO3. The molecule has 1 aromatic carbocycles. The Kier molecular flexibility index (Phi) is 3.21. The van der Waals surface area contributed by atoms with Crippen LogP contribution >= 0.6 is 0 Å².